The van der Waals surface area contributed by atoms with E-state index >= 15 is 0 Å². The molecule has 0 saturated carbocycles. The summed E-state index contributed by atoms with van der Waals surface area (Å²) >= 11 is 1.08. The van der Waals surface area contributed by atoms with E-state index in [1.54, 1.807) is 4.57 Å². The lowest BCUT2D eigenvalue weighted by Crippen LogP contribution is -2.12. The third kappa shape index (κ3) is 1.91. The molecule has 2 heterocycles. The minimum Gasteiger partial charge on any atom is -0.464 e. The number of hydrogen-bond donors (Lipinski definition) is 1. The predicted molar refractivity (Wildman–Crippen MR) is 81.9 cm³/mol. The summed E-state index contributed by atoms with van der Waals surface area (Å²) in [6.45, 7) is 1.89. The van der Waals surface area contributed by atoms with Crippen LogP contribution in [0.25, 0.3) is 16.7 Å². The second-order valence-electron chi connectivity index (χ2n) is 4.64. The van der Waals surface area contributed by atoms with Crippen LogP contribution < -0.4 is 5.73 Å². The topological polar surface area (TPSA) is 107 Å². The van der Waals surface area contributed by atoms with Gasteiger partial charge in [0.25, 0.3) is 0 Å². The van der Waals surface area contributed by atoms with Crippen molar-refractivity contribution < 1.29 is 9.53 Å². The van der Waals surface area contributed by atoms with Crippen LogP contribution in [0.1, 0.15) is 21.6 Å². The van der Waals surface area contributed by atoms with E-state index in [1.807, 2.05) is 25.1 Å². The van der Waals surface area contributed by atoms with Crippen molar-refractivity contribution in [2.24, 2.45) is 0 Å². The van der Waals surface area contributed by atoms with E-state index in [4.69, 9.17) is 10.5 Å². The van der Waals surface area contributed by atoms with E-state index in [1.165, 1.54) is 13.3 Å². The lowest BCUT2D eigenvalue weighted by molar-refractivity contribution is 0.0593. The van der Waals surface area contributed by atoms with Crippen LogP contribution in [-0.4, -0.2) is 26.4 Å². The summed E-state index contributed by atoms with van der Waals surface area (Å²) in [5.74, 6) is -0.612. The van der Waals surface area contributed by atoms with Gasteiger partial charge in [-0.2, -0.15) is 14.0 Å². The van der Waals surface area contributed by atoms with Crippen LogP contribution in [0.15, 0.2) is 18.3 Å². The Morgan fingerprint density at radius 3 is 2.91 bits per heavy atom. The van der Waals surface area contributed by atoms with E-state index in [9.17, 15) is 10.1 Å². The van der Waals surface area contributed by atoms with E-state index in [-0.39, 0.29) is 16.9 Å². The maximum atomic E-state index is 12.1. The number of carbonyl (C=O) groups is 1. The Morgan fingerprint density at radius 1 is 1.45 bits per heavy atom. The fourth-order valence-electron chi connectivity index (χ4n) is 2.33. The maximum Gasteiger partial charge on any atom is 0.357 e. The standard InChI is InChI=1S/C14H11N5O2S/c1-7-3-4-9-11(18-22-17-9)12(7)19-6-8(5-15)10(16)13(19)14(20)21-2/h3-4,6H,16H2,1-2H3. The molecule has 22 heavy (non-hydrogen) atoms. The molecule has 0 aliphatic rings. The molecule has 2 N–H and O–H groups in total. The predicted octanol–water partition coefficient (Wildman–Crippen LogP) is 2.03. The molecule has 0 unspecified atom stereocenters. The van der Waals surface area contributed by atoms with Gasteiger partial charge in [-0.05, 0) is 18.6 Å². The van der Waals surface area contributed by atoms with Gasteiger partial charge in [0.2, 0.25) is 0 Å². The summed E-state index contributed by atoms with van der Waals surface area (Å²) in [7, 11) is 1.27. The van der Waals surface area contributed by atoms with Crippen molar-refractivity contribution in [3.63, 3.8) is 0 Å². The lowest BCUT2D eigenvalue weighted by Gasteiger charge is -2.11. The highest BCUT2D eigenvalue weighted by molar-refractivity contribution is 7.00. The molecule has 3 aromatic rings. The second kappa shape index (κ2) is 5.13. The van der Waals surface area contributed by atoms with Crippen molar-refractivity contribution >= 4 is 34.4 Å². The first-order chi connectivity index (χ1) is 10.6. The first kappa shape index (κ1) is 14.0. The summed E-state index contributed by atoms with van der Waals surface area (Å²) in [6, 6.07) is 5.71. The van der Waals surface area contributed by atoms with Crippen molar-refractivity contribution in [3.05, 3.63) is 35.2 Å². The van der Waals surface area contributed by atoms with Crippen LogP contribution >= 0.6 is 11.7 Å². The smallest absolute Gasteiger partial charge is 0.357 e. The molecule has 0 amide bonds. The number of fused-ring (bicyclic) bond motifs is 1. The number of hydrogen-bond acceptors (Lipinski definition) is 7. The van der Waals surface area contributed by atoms with E-state index < -0.39 is 5.97 Å². The average molecular weight is 313 g/mol. The molecule has 0 bridgehead atoms. The molecule has 0 saturated heterocycles. The SMILES string of the molecule is COC(=O)c1c(N)c(C#N)cn1-c1c(C)ccc2nsnc12. The zero-order valence-electron chi connectivity index (χ0n) is 11.8. The monoisotopic (exact) mass is 313 g/mol. The van der Waals surface area contributed by atoms with Gasteiger partial charge in [-0.25, -0.2) is 4.79 Å². The highest BCUT2D eigenvalue weighted by Gasteiger charge is 2.24. The number of aromatic nitrogens is 3. The van der Waals surface area contributed by atoms with Gasteiger partial charge in [0.1, 0.15) is 17.1 Å². The number of benzene rings is 1. The minimum atomic E-state index is -0.612. The zero-order valence-corrected chi connectivity index (χ0v) is 12.6. The van der Waals surface area contributed by atoms with Crippen molar-refractivity contribution in [3.8, 4) is 11.8 Å². The number of nitriles is 1. The Hall–Kier alpha value is -2.92. The van der Waals surface area contributed by atoms with Gasteiger partial charge in [-0.1, -0.05) is 6.07 Å². The summed E-state index contributed by atoms with van der Waals surface area (Å²) in [5, 5.41) is 9.18. The molecule has 0 aliphatic heterocycles. The normalized spacial score (nSPS) is 10.6. The first-order valence-corrected chi connectivity index (χ1v) is 7.03. The molecular weight excluding hydrogens is 302 g/mol. The largest absolute Gasteiger partial charge is 0.464 e. The van der Waals surface area contributed by atoms with Crippen molar-refractivity contribution in [2.75, 3.05) is 12.8 Å². The number of anilines is 1. The molecule has 0 spiro atoms. The molecule has 110 valence electrons. The maximum absolute atomic E-state index is 12.1. The minimum absolute atomic E-state index is 0.0916. The number of nitrogens with two attached hydrogens (primary N) is 1. The summed E-state index contributed by atoms with van der Waals surface area (Å²) in [4.78, 5) is 12.1. The van der Waals surface area contributed by atoms with Gasteiger partial charge in [-0.3, -0.25) is 0 Å². The zero-order chi connectivity index (χ0) is 15.9. The number of esters is 1. The average Bonchev–Trinajstić information content (AvgIpc) is 3.10. The molecular formula is C14H11N5O2S. The summed E-state index contributed by atoms with van der Waals surface area (Å²) in [6.07, 6.45) is 1.52. The van der Waals surface area contributed by atoms with Gasteiger partial charge in [0.15, 0.2) is 5.69 Å². The molecule has 0 atom stereocenters. The Balaban J connectivity index is 2.41. The molecule has 8 heteroatoms. The van der Waals surface area contributed by atoms with E-state index in [0.717, 1.165) is 17.3 Å². The first-order valence-electron chi connectivity index (χ1n) is 6.30. The van der Waals surface area contributed by atoms with Crippen LogP contribution in [0, 0.1) is 18.3 Å². The highest BCUT2D eigenvalue weighted by Crippen LogP contribution is 2.30. The molecule has 2 aromatic heterocycles. The molecule has 1 aromatic carbocycles. The van der Waals surface area contributed by atoms with E-state index in [2.05, 4.69) is 8.75 Å². The van der Waals surface area contributed by atoms with Crippen LogP contribution in [0.3, 0.4) is 0 Å². The highest BCUT2D eigenvalue weighted by atomic mass is 32.1. The van der Waals surface area contributed by atoms with Crippen LogP contribution in [-0.2, 0) is 4.74 Å². The number of rotatable bonds is 2. The van der Waals surface area contributed by atoms with Crippen LogP contribution in [0.4, 0.5) is 5.69 Å². The molecule has 0 radical (unpaired) electrons. The lowest BCUT2D eigenvalue weighted by atomic mass is 10.1. The number of ether oxygens (including phenoxy) is 1. The molecule has 0 aliphatic carbocycles. The fraction of sp³-hybridized carbons (Fsp3) is 0.143. The van der Waals surface area contributed by atoms with Gasteiger partial charge in [-0.15, -0.1) is 0 Å². The molecule has 3 rings (SSSR count). The van der Waals surface area contributed by atoms with Crippen molar-refractivity contribution in [1.82, 2.24) is 13.3 Å². The third-order valence-corrected chi connectivity index (χ3v) is 3.93. The van der Waals surface area contributed by atoms with Crippen molar-refractivity contribution in [2.45, 2.75) is 6.92 Å². The second-order valence-corrected chi connectivity index (χ2v) is 5.17. The van der Waals surface area contributed by atoms with Gasteiger partial charge < -0.3 is 15.0 Å². The van der Waals surface area contributed by atoms with Crippen LogP contribution in [0.2, 0.25) is 0 Å². The Bertz CT molecular complexity index is 935. The van der Waals surface area contributed by atoms with Gasteiger partial charge in [0, 0.05) is 6.20 Å². The Kier molecular flexibility index (Phi) is 3.27. The Morgan fingerprint density at radius 2 is 2.23 bits per heavy atom. The number of nitrogens with zero attached hydrogens (tertiary/aromatic N) is 4. The molecule has 7 nitrogen and oxygen atoms in total. The number of methoxy groups -OCH3 is 1. The van der Waals surface area contributed by atoms with Gasteiger partial charge in [0.05, 0.1) is 35.8 Å². The number of nitrogen functional groups attached to an aromatic ring is 1. The van der Waals surface area contributed by atoms with E-state index in [0.29, 0.717) is 16.7 Å². The third-order valence-electron chi connectivity index (χ3n) is 3.39. The number of carbonyl (C=O) groups excluding carboxylic acids is 1. The Labute approximate surface area is 129 Å². The quantitative estimate of drug-likeness (QED) is 0.725. The van der Waals surface area contributed by atoms with Crippen LogP contribution in [0.5, 0.6) is 0 Å². The fourth-order valence-corrected chi connectivity index (χ4v) is 2.87. The summed E-state index contributed by atoms with van der Waals surface area (Å²) < 4.78 is 14.8. The van der Waals surface area contributed by atoms with Crippen molar-refractivity contribution in [1.29, 1.82) is 5.26 Å². The van der Waals surface area contributed by atoms with Gasteiger partial charge >= 0.3 is 5.97 Å². The number of aryl methyl sites for hydroxylation is 1. The molecule has 0 fully saturated rings. The summed E-state index contributed by atoms with van der Waals surface area (Å²) in [5.41, 5.74) is 9.24.